The molecule has 1 heteroatoms. The summed E-state index contributed by atoms with van der Waals surface area (Å²) >= 11 is 1.74. The quantitative estimate of drug-likeness (QED) is 0.409. The molecule has 0 aliphatic carbocycles. The topological polar surface area (TPSA) is 0 Å². The highest BCUT2D eigenvalue weighted by atomic mass is 32.2. The zero-order chi connectivity index (χ0) is 13.5. The molecule has 0 atom stereocenters. The maximum atomic E-state index is 2.25. The molecule has 0 saturated carbocycles. The van der Waals surface area contributed by atoms with Crippen molar-refractivity contribution in [1.29, 1.82) is 0 Å². The van der Waals surface area contributed by atoms with E-state index in [1.807, 2.05) is 0 Å². The van der Waals surface area contributed by atoms with E-state index in [0.29, 0.717) is 0 Å². The maximum Gasteiger partial charge on any atom is -0.00208 e. The van der Waals surface area contributed by atoms with Crippen molar-refractivity contribution in [2.45, 2.75) is 0 Å². The van der Waals surface area contributed by atoms with E-state index < -0.39 is 0 Å². The summed E-state index contributed by atoms with van der Waals surface area (Å²) in [6.45, 7) is 0. The zero-order valence-electron chi connectivity index (χ0n) is 11.3. The lowest BCUT2D eigenvalue weighted by molar-refractivity contribution is 1.75. The van der Waals surface area contributed by atoms with Gasteiger partial charge in [-0.2, -0.15) is 0 Å². The average molecular weight is 274 g/mol. The first-order valence-corrected chi connectivity index (χ1v) is 8.03. The van der Waals surface area contributed by atoms with E-state index in [2.05, 4.69) is 72.3 Å². The molecule has 0 aliphatic heterocycles. The predicted molar refractivity (Wildman–Crippen MR) is 92.7 cm³/mol. The normalized spacial score (nSPS) is 12.2. The summed E-state index contributed by atoms with van der Waals surface area (Å²) in [4.78, 5) is 0. The second kappa shape index (κ2) is 4.53. The summed E-state index contributed by atoms with van der Waals surface area (Å²) in [5, 5.41) is 10.2. The average Bonchev–Trinajstić information content (AvgIpc) is 2.51. The standard InChI is InChI=1S/C19H14S/c1-20-12-11-13-5-6-16-8-7-14-3-2-4-15-9-10-17(13)19(16)18(14)15/h2-12H,1H3/b12-11+. The summed E-state index contributed by atoms with van der Waals surface area (Å²) in [5.74, 6) is 0. The predicted octanol–water partition coefficient (Wildman–Crippen LogP) is 5.92. The highest BCUT2D eigenvalue weighted by Crippen LogP contribution is 2.36. The van der Waals surface area contributed by atoms with Crippen LogP contribution in [0.25, 0.3) is 38.4 Å². The van der Waals surface area contributed by atoms with Crippen molar-refractivity contribution in [3.05, 3.63) is 65.6 Å². The Labute approximate surface area is 122 Å². The number of benzene rings is 4. The van der Waals surface area contributed by atoms with Gasteiger partial charge in [0.2, 0.25) is 0 Å². The van der Waals surface area contributed by atoms with E-state index in [1.165, 1.54) is 37.9 Å². The first-order valence-electron chi connectivity index (χ1n) is 6.74. The zero-order valence-corrected chi connectivity index (χ0v) is 12.1. The molecule has 0 amide bonds. The van der Waals surface area contributed by atoms with Crippen molar-refractivity contribution in [3.63, 3.8) is 0 Å². The molecule has 0 unspecified atom stereocenters. The van der Waals surface area contributed by atoms with Gasteiger partial charge in [-0.1, -0.05) is 54.6 Å². The Hall–Kier alpha value is -1.99. The minimum absolute atomic E-state index is 1.30. The van der Waals surface area contributed by atoms with Gasteiger partial charge in [-0.15, -0.1) is 11.8 Å². The van der Waals surface area contributed by atoms with Crippen LogP contribution in [0.2, 0.25) is 0 Å². The Morgan fingerprint density at radius 2 is 1.40 bits per heavy atom. The van der Waals surface area contributed by atoms with Crippen molar-refractivity contribution >= 4 is 50.2 Å². The lowest BCUT2D eigenvalue weighted by Gasteiger charge is -2.12. The SMILES string of the molecule is CS/C=C/c1ccc2ccc3cccc4ccc1c2c34. The van der Waals surface area contributed by atoms with Crippen LogP contribution in [0.15, 0.2) is 60.0 Å². The van der Waals surface area contributed by atoms with Crippen LogP contribution in [-0.2, 0) is 0 Å². The fraction of sp³-hybridized carbons (Fsp3) is 0.0526. The third kappa shape index (κ3) is 1.63. The number of hydrogen-bond donors (Lipinski definition) is 0. The molecule has 0 radical (unpaired) electrons. The lowest BCUT2D eigenvalue weighted by Crippen LogP contribution is -1.85. The van der Waals surface area contributed by atoms with Crippen molar-refractivity contribution in [2.24, 2.45) is 0 Å². The fourth-order valence-electron chi connectivity index (χ4n) is 3.04. The van der Waals surface area contributed by atoms with Crippen LogP contribution in [0.1, 0.15) is 5.56 Å². The van der Waals surface area contributed by atoms with Gasteiger partial charge >= 0.3 is 0 Å². The molecule has 0 saturated heterocycles. The number of hydrogen-bond acceptors (Lipinski definition) is 1. The lowest BCUT2D eigenvalue weighted by atomic mass is 9.92. The van der Waals surface area contributed by atoms with Crippen LogP contribution < -0.4 is 0 Å². The molecule has 0 spiro atoms. The third-order valence-electron chi connectivity index (χ3n) is 3.95. The van der Waals surface area contributed by atoms with E-state index in [9.17, 15) is 0 Å². The summed E-state index contributed by atoms with van der Waals surface area (Å²) in [7, 11) is 0. The van der Waals surface area contributed by atoms with Gasteiger partial charge < -0.3 is 0 Å². The van der Waals surface area contributed by atoms with Crippen LogP contribution in [0.4, 0.5) is 0 Å². The molecule has 0 N–H and O–H groups in total. The van der Waals surface area contributed by atoms with Crippen molar-refractivity contribution < 1.29 is 0 Å². The highest BCUT2D eigenvalue weighted by Gasteiger charge is 2.09. The summed E-state index contributed by atoms with van der Waals surface area (Å²) < 4.78 is 0. The van der Waals surface area contributed by atoms with Crippen molar-refractivity contribution in [3.8, 4) is 0 Å². The largest absolute Gasteiger partial charge is 0.138 e. The van der Waals surface area contributed by atoms with Gasteiger partial charge in [0.1, 0.15) is 0 Å². The van der Waals surface area contributed by atoms with Gasteiger partial charge in [0.25, 0.3) is 0 Å². The van der Waals surface area contributed by atoms with E-state index in [0.717, 1.165) is 0 Å². The van der Waals surface area contributed by atoms with Gasteiger partial charge in [-0.05, 0) is 55.6 Å². The molecule has 20 heavy (non-hydrogen) atoms. The Kier molecular flexibility index (Phi) is 2.68. The van der Waals surface area contributed by atoms with Crippen LogP contribution in [0.3, 0.4) is 0 Å². The number of thioether (sulfide) groups is 1. The van der Waals surface area contributed by atoms with Crippen molar-refractivity contribution in [2.75, 3.05) is 6.26 Å². The molecular weight excluding hydrogens is 260 g/mol. The Morgan fingerprint density at radius 1 is 0.750 bits per heavy atom. The number of rotatable bonds is 2. The van der Waals surface area contributed by atoms with Gasteiger partial charge in [0.15, 0.2) is 0 Å². The van der Waals surface area contributed by atoms with Crippen LogP contribution in [0, 0.1) is 0 Å². The second-order valence-electron chi connectivity index (χ2n) is 5.05. The maximum absolute atomic E-state index is 2.25. The molecule has 0 bridgehead atoms. The smallest absolute Gasteiger partial charge is 0.00208 e. The Balaban J connectivity index is 2.23. The highest BCUT2D eigenvalue weighted by molar-refractivity contribution is 8.01. The molecule has 4 rings (SSSR count). The van der Waals surface area contributed by atoms with Crippen LogP contribution >= 0.6 is 11.8 Å². The molecule has 4 aromatic rings. The molecule has 0 nitrogen and oxygen atoms in total. The minimum atomic E-state index is 1.30. The van der Waals surface area contributed by atoms with Gasteiger partial charge in [0, 0.05) is 0 Å². The third-order valence-corrected chi connectivity index (χ3v) is 4.35. The van der Waals surface area contributed by atoms with Gasteiger partial charge in [0.05, 0.1) is 0 Å². The summed E-state index contributed by atoms with van der Waals surface area (Å²) in [6, 6.07) is 19.9. The molecule has 96 valence electrons. The van der Waals surface area contributed by atoms with Gasteiger partial charge in [-0.3, -0.25) is 0 Å². The molecule has 0 aromatic heterocycles. The van der Waals surface area contributed by atoms with E-state index >= 15 is 0 Å². The molecule has 4 aromatic carbocycles. The fourth-order valence-corrected chi connectivity index (χ4v) is 3.33. The monoisotopic (exact) mass is 274 g/mol. The molecular formula is C19H14S. The van der Waals surface area contributed by atoms with Crippen LogP contribution in [-0.4, -0.2) is 6.26 Å². The summed E-state index contributed by atoms with van der Waals surface area (Å²) in [6.07, 6.45) is 4.29. The van der Waals surface area contributed by atoms with E-state index in [-0.39, 0.29) is 0 Å². The van der Waals surface area contributed by atoms with E-state index in [4.69, 9.17) is 0 Å². The minimum Gasteiger partial charge on any atom is -0.138 e. The second-order valence-corrected chi connectivity index (χ2v) is 5.79. The Morgan fingerprint density at radius 3 is 2.15 bits per heavy atom. The van der Waals surface area contributed by atoms with E-state index in [1.54, 1.807) is 11.8 Å². The van der Waals surface area contributed by atoms with Crippen molar-refractivity contribution in [1.82, 2.24) is 0 Å². The summed E-state index contributed by atoms with van der Waals surface area (Å²) in [5.41, 5.74) is 1.30. The molecule has 0 fully saturated rings. The first kappa shape index (κ1) is 11.8. The van der Waals surface area contributed by atoms with Crippen LogP contribution in [0.5, 0.6) is 0 Å². The molecule has 0 heterocycles. The molecule has 0 aliphatic rings. The van der Waals surface area contributed by atoms with Gasteiger partial charge in [-0.25, -0.2) is 0 Å². The Bertz CT molecular complexity index is 919. The first-order chi connectivity index (χ1) is 9.88.